The fourth-order valence-electron chi connectivity index (χ4n) is 2.45. The van der Waals surface area contributed by atoms with Crippen molar-refractivity contribution in [2.24, 2.45) is 0 Å². The number of hydrogen-bond acceptors (Lipinski definition) is 2. The zero-order valence-electron chi connectivity index (χ0n) is 11.5. The number of nitrogens with one attached hydrogen (secondary N) is 1. The van der Waals surface area contributed by atoms with Gasteiger partial charge >= 0.3 is 0 Å². The van der Waals surface area contributed by atoms with Crippen molar-refractivity contribution in [1.29, 1.82) is 0 Å². The van der Waals surface area contributed by atoms with Gasteiger partial charge in [0.15, 0.2) is 0 Å². The van der Waals surface area contributed by atoms with Crippen LogP contribution >= 0.6 is 15.9 Å². The number of phenolic OH excluding ortho intramolecular Hbond substituents is 1. The molecule has 0 amide bonds. The molecular formula is C18H16BrNO. The van der Waals surface area contributed by atoms with Crippen LogP contribution in [0.2, 0.25) is 0 Å². The van der Waals surface area contributed by atoms with E-state index in [4.69, 9.17) is 0 Å². The van der Waals surface area contributed by atoms with Crippen LogP contribution in [0.1, 0.15) is 11.1 Å². The molecule has 21 heavy (non-hydrogen) atoms. The molecule has 0 unspecified atom stereocenters. The molecule has 0 radical (unpaired) electrons. The van der Waals surface area contributed by atoms with E-state index in [1.54, 1.807) is 6.07 Å². The summed E-state index contributed by atoms with van der Waals surface area (Å²) in [7, 11) is 0. The van der Waals surface area contributed by atoms with Crippen LogP contribution in [0.3, 0.4) is 0 Å². The van der Waals surface area contributed by atoms with E-state index < -0.39 is 0 Å². The molecule has 0 saturated heterocycles. The highest BCUT2D eigenvalue weighted by atomic mass is 79.9. The van der Waals surface area contributed by atoms with Crippen LogP contribution in [-0.4, -0.2) is 5.11 Å². The summed E-state index contributed by atoms with van der Waals surface area (Å²) in [6.45, 7) is 1.59. The highest BCUT2D eigenvalue weighted by Crippen LogP contribution is 2.24. The second-order valence-corrected chi connectivity index (χ2v) is 5.88. The molecule has 0 heterocycles. The van der Waals surface area contributed by atoms with Gasteiger partial charge in [-0.25, -0.2) is 0 Å². The number of halogens is 1. The highest BCUT2D eigenvalue weighted by molar-refractivity contribution is 9.10. The normalized spacial score (nSPS) is 10.9. The molecule has 0 aliphatic heterocycles. The quantitative estimate of drug-likeness (QED) is 0.726. The van der Waals surface area contributed by atoms with E-state index in [0.717, 1.165) is 23.1 Å². The summed E-state index contributed by atoms with van der Waals surface area (Å²) in [6.07, 6.45) is 0. The lowest BCUT2D eigenvalue weighted by Crippen LogP contribution is -2.12. The van der Waals surface area contributed by atoms with E-state index in [-0.39, 0.29) is 5.75 Å². The minimum absolute atomic E-state index is 0.271. The largest absolute Gasteiger partial charge is 0.507 e. The molecule has 0 spiro atoms. The Morgan fingerprint density at radius 2 is 1.71 bits per heavy atom. The molecule has 0 atom stereocenters. The highest BCUT2D eigenvalue weighted by Gasteiger charge is 2.02. The molecule has 0 saturated carbocycles. The van der Waals surface area contributed by atoms with E-state index in [1.807, 2.05) is 12.1 Å². The molecule has 0 aliphatic rings. The average molecular weight is 342 g/mol. The van der Waals surface area contributed by atoms with Crippen molar-refractivity contribution in [1.82, 2.24) is 5.32 Å². The van der Waals surface area contributed by atoms with Gasteiger partial charge in [0.1, 0.15) is 5.75 Å². The maximum atomic E-state index is 9.50. The van der Waals surface area contributed by atoms with Gasteiger partial charge < -0.3 is 10.4 Å². The third kappa shape index (κ3) is 3.26. The average Bonchev–Trinajstić information content (AvgIpc) is 2.51. The topological polar surface area (TPSA) is 32.3 Å². The first-order valence-corrected chi connectivity index (χ1v) is 7.68. The fourth-order valence-corrected chi connectivity index (χ4v) is 2.87. The van der Waals surface area contributed by atoms with Crippen LogP contribution in [0.25, 0.3) is 10.8 Å². The zero-order valence-corrected chi connectivity index (χ0v) is 13.1. The van der Waals surface area contributed by atoms with Crippen molar-refractivity contribution in [2.45, 2.75) is 13.1 Å². The van der Waals surface area contributed by atoms with Gasteiger partial charge in [0.05, 0.1) is 4.47 Å². The SMILES string of the molecule is Oc1ccc(CNCc2cccc3ccccc23)cc1Br. The smallest absolute Gasteiger partial charge is 0.129 e. The molecule has 3 aromatic carbocycles. The Morgan fingerprint density at radius 3 is 2.57 bits per heavy atom. The molecule has 3 rings (SSSR count). The molecule has 0 bridgehead atoms. The van der Waals surface area contributed by atoms with Crippen LogP contribution < -0.4 is 5.32 Å². The Morgan fingerprint density at radius 1 is 0.905 bits per heavy atom. The Kier molecular flexibility index (Phi) is 4.23. The van der Waals surface area contributed by atoms with Crippen molar-refractivity contribution < 1.29 is 5.11 Å². The van der Waals surface area contributed by atoms with Gasteiger partial charge in [-0.1, -0.05) is 48.5 Å². The Labute approximate surface area is 132 Å². The van der Waals surface area contributed by atoms with Crippen molar-refractivity contribution in [3.8, 4) is 5.75 Å². The van der Waals surface area contributed by atoms with Crippen LogP contribution in [-0.2, 0) is 13.1 Å². The Hall–Kier alpha value is -1.84. The summed E-state index contributed by atoms with van der Waals surface area (Å²) in [5.41, 5.74) is 2.44. The maximum absolute atomic E-state index is 9.50. The van der Waals surface area contributed by atoms with Gasteiger partial charge in [-0.05, 0) is 50.0 Å². The summed E-state index contributed by atoms with van der Waals surface area (Å²) in [5, 5.41) is 15.5. The molecule has 3 aromatic rings. The predicted molar refractivity (Wildman–Crippen MR) is 90.3 cm³/mol. The minimum Gasteiger partial charge on any atom is -0.507 e. The zero-order chi connectivity index (χ0) is 14.7. The van der Waals surface area contributed by atoms with Gasteiger partial charge in [-0.3, -0.25) is 0 Å². The number of fused-ring (bicyclic) bond motifs is 1. The second-order valence-electron chi connectivity index (χ2n) is 5.03. The van der Waals surface area contributed by atoms with Crippen LogP contribution in [0.15, 0.2) is 65.1 Å². The summed E-state index contributed by atoms with van der Waals surface area (Å²) < 4.78 is 0.729. The van der Waals surface area contributed by atoms with E-state index in [1.165, 1.54) is 16.3 Å². The van der Waals surface area contributed by atoms with Gasteiger partial charge in [0, 0.05) is 13.1 Å². The van der Waals surface area contributed by atoms with Gasteiger partial charge in [-0.15, -0.1) is 0 Å². The number of rotatable bonds is 4. The third-order valence-corrected chi connectivity index (χ3v) is 4.17. The summed E-state index contributed by atoms with van der Waals surface area (Å²) in [6, 6.07) is 20.4. The van der Waals surface area contributed by atoms with E-state index in [9.17, 15) is 5.11 Å². The Balaban J connectivity index is 1.70. The Bertz CT molecular complexity index is 765. The first-order valence-electron chi connectivity index (χ1n) is 6.89. The molecule has 0 aliphatic carbocycles. The molecule has 0 fully saturated rings. The molecule has 2 nitrogen and oxygen atoms in total. The molecule has 3 heteroatoms. The molecular weight excluding hydrogens is 326 g/mol. The van der Waals surface area contributed by atoms with Gasteiger partial charge in [0.2, 0.25) is 0 Å². The number of benzene rings is 3. The second kappa shape index (κ2) is 6.29. The lowest BCUT2D eigenvalue weighted by molar-refractivity contribution is 0.471. The fraction of sp³-hybridized carbons (Fsp3) is 0.111. The summed E-state index contributed by atoms with van der Waals surface area (Å²) in [4.78, 5) is 0. The number of hydrogen-bond donors (Lipinski definition) is 2. The molecule has 2 N–H and O–H groups in total. The lowest BCUT2D eigenvalue weighted by atomic mass is 10.0. The van der Waals surface area contributed by atoms with Crippen molar-refractivity contribution in [3.05, 3.63) is 76.3 Å². The number of aromatic hydroxyl groups is 1. The maximum Gasteiger partial charge on any atom is 0.129 e. The van der Waals surface area contributed by atoms with Crippen LogP contribution in [0.4, 0.5) is 0 Å². The third-order valence-electron chi connectivity index (χ3n) is 3.54. The first kappa shape index (κ1) is 14.1. The minimum atomic E-state index is 0.271. The van der Waals surface area contributed by atoms with Crippen molar-refractivity contribution in [2.75, 3.05) is 0 Å². The molecule has 0 aromatic heterocycles. The monoisotopic (exact) mass is 341 g/mol. The van der Waals surface area contributed by atoms with E-state index in [0.29, 0.717) is 0 Å². The van der Waals surface area contributed by atoms with Gasteiger partial charge in [-0.2, -0.15) is 0 Å². The van der Waals surface area contributed by atoms with E-state index >= 15 is 0 Å². The first-order chi connectivity index (χ1) is 10.2. The van der Waals surface area contributed by atoms with Crippen molar-refractivity contribution >= 4 is 26.7 Å². The lowest BCUT2D eigenvalue weighted by Gasteiger charge is -2.09. The summed E-state index contributed by atoms with van der Waals surface area (Å²) >= 11 is 3.34. The number of phenols is 1. The van der Waals surface area contributed by atoms with Crippen LogP contribution in [0.5, 0.6) is 5.75 Å². The molecule has 106 valence electrons. The summed E-state index contributed by atoms with van der Waals surface area (Å²) in [5.74, 6) is 0.271. The predicted octanol–water partition coefficient (Wildman–Crippen LogP) is 4.60. The van der Waals surface area contributed by atoms with Gasteiger partial charge in [0.25, 0.3) is 0 Å². The standard InChI is InChI=1S/C18H16BrNO/c19-17-10-13(8-9-18(17)21)11-20-12-15-6-3-5-14-4-1-2-7-16(14)15/h1-10,20-21H,11-12H2. The van der Waals surface area contributed by atoms with Crippen LogP contribution in [0, 0.1) is 0 Å². The van der Waals surface area contributed by atoms with E-state index in [2.05, 4.69) is 63.7 Å². The van der Waals surface area contributed by atoms with Crippen molar-refractivity contribution in [3.63, 3.8) is 0 Å².